The molecule has 0 radical (unpaired) electrons. The van der Waals surface area contributed by atoms with Gasteiger partial charge in [0.25, 0.3) is 0 Å². The van der Waals surface area contributed by atoms with Crippen LogP contribution >= 0.6 is 24.0 Å². The number of aliphatic imine (C=N–C) groups is 1. The number of aryl methyl sites for hydroxylation is 3. The van der Waals surface area contributed by atoms with Crippen molar-refractivity contribution in [3.63, 3.8) is 0 Å². The van der Waals surface area contributed by atoms with Gasteiger partial charge < -0.3 is 20.7 Å². The van der Waals surface area contributed by atoms with Crippen molar-refractivity contribution in [2.45, 2.75) is 47.2 Å². The summed E-state index contributed by atoms with van der Waals surface area (Å²) in [6, 6.07) is 7.75. The first-order valence-electron chi connectivity index (χ1n) is 9.90. The Balaban J connectivity index is 0.00000450. The zero-order chi connectivity index (χ0) is 21.2. The Bertz CT molecular complexity index is 850. The van der Waals surface area contributed by atoms with Crippen molar-refractivity contribution in [2.24, 2.45) is 4.99 Å². The number of ether oxygens (including phenoxy) is 1. The minimum absolute atomic E-state index is 0. The molecule has 0 bridgehead atoms. The molecular formula is C21H33IN6O2. The lowest BCUT2D eigenvalue weighted by atomic mass is 10.2. The van der Waals surface area contributed by atoms with Gasteiger partial charge >= 0.3 is 0 Å². The van der Waals surface area contributed by atoms with Gasteiger partial charge in [-0.1, -0.05) is 6.07 Å². The molecule has 0 saturated heterocycles. The van der Waals surface area contributed by atoms with Crippen molar-refractivity contribution in [1.82, 2.24) is 20.4 Å². The van der Waals surface area contributed by atoms with E-state index in [0.717, 1.165) is 43.3 Å². The maximum absolute atomic E-state index is 11.4. The van der Waals surface area contributed by atoms with Crippen molar-refractivity contribution in [1.29, 1.82) is 0 Å². The summed E-state index contributed by atoms with van der Waals surface area (Å²) in [6.07, 6.45) is 0.946. The van der Waals surface area contributed by atoms with E-state index in [4.69, 9.17) is 4.74 Å². The molecule has 0 aliphatic heterocycles. The Hall–Kier alpha value is -2.30. The molecule has 0 atom stereocenters. The number of methoxy groups -OCH3 is 1. The molecule has 0 unspecified atom stereocenters. The Kier molecular flexibility index (Phi) is 11.2. The SMILES string of the molecule is CCNC(=NCc1ccc(OC)c(NC(C)=O)c1)NCCCn1nc(C)cc1C.I. The summed E-state index contributed by atoms with van der Waals surface area (Å²) in [5.74, 6) is 1.25. The van der Waals surface area contributed by atoms with Crippen molar-refractivity contribution < 1.29 is 9.53 Å². The number of nitrogens with zero attached hydrogens (tertiary/aromatic N) is 3. The van der Waals surface area contributed by atoms with Crippen LogP contribution in [0, 0.1) is 13.8 Å². The van der Waals surface area contributed by atoms with Crippen LogP contribution in [0.3, 0.4) is 0 Å². The van der Waals surface area contributed by atoms with Crippen LogP contribution in [-0.4, -0.2) is 41.8 Å². The number of anilines is 1. The van der Waals surface area contributed by atoms with Gasteiger partial charge in [-0.05, 0) is 51.0 Å². The van der Waals surface area contributed by atoms with Crippen LogP contribution in [-0.2, 0) is 17.9 Å². The minimum Gasteiger partial charge on any atom is -0.495 e. The zero-order valence-electron chi connectivity index (χ0n) is 18.4. The Morgan fingerprint density at radius 1 is 1.23 bits per heavy atom. The summed E-state index contributed by atoms with van der Waals surface area (Å²) in [5, 5.41) is 13.9. The first-order chi connectivity index (χ1) is 13.9. The number of guanidine groups is 1. The molecule has 1 aromatic heterocycles. The van der Waals surface area contributed by atoms with E-state index in [0.29, 0.717) is 18.0 Å². The number of hydrogen-bond acceptors (Lipinski definition) is 4. The third kappa shape index (κ3) is 8.21. The van der Waals surface area contributed by atoms with Gasteiger partial charge in [-0.25, -0.2) is 4.99 Å². The summed E-state index contributed by atoms with van der Waals surface area (Å²) in [4.78, 5) is 16.0. The summed E-state index contributed by atoms with van der Waals surface area (Å²) < 4.78 is 7.32. The molecule has 166 valence electrons. The number of aromatic nitrogens is 2. The molecule has 2 rings (SSSR count). The van der Waals surface area contributed by atoms with Crippen molar-refractivity contribution in [3.05, 3.63) is 41.2 Å². The quantitative estimate of drug-likeness (QED) is 0.201. The maximum Gasteiger partial charge on any atom is 0.221 e. The molecule has 8 nitrogen and oxygen atoms in total. The molecule has 1 aromatic carbocycles. The van der Waals surface area contributed by atoms with Gasteiger partial charge in [0.1, 0.15) is 5.75 Å². The smallest absolute Gasteiger partial charge is 0.221 e. The Morgan fingerprint density at radius 3 is 2.60 bits per heavy atom. The maximum atomic E-state index is 11.4. The highest BCUT2D eigenvalue weighted by molar-refractivity contribution is 14.0. The highest BCUT2D eigenvalue weighted by atomic mass is 127. The lowest BCUT2D eigenvalue weighted by Crippen LogP contribution is -2.38. The van der Waals surface area contributed by atoms with E-state index >= 15 is 0 Å². The van der Waals surface area contributed by atoms with E-state index in [9.17, 15) is 4.79 Å². The summed E-state index contributed by atoms with van der Waals surface area (Å²) in [7, 11) is 1.58. The highest BCUT2D eigenvalue weighted by Crippen LogP contribution is 2.25. The number of carbonyl (C=O) groups is 1. The molecule has 2 aromatic rings. The number of carbonyl (C=O) groups excluding carboxylic acids is 1. The van der Waals surface area contributed by atoms with Crippen LogP contribution in [0.4, 0.5) is 5.69 Å². The molecule has 3 N–H and O–H groups in total. The third-order valence-electron chi connectivity index (χ3n) is 4.28. The third-order valence-corrected chi connectivity index (χ3v) is 4.28. The molecule has 9 heteroatoms. The van der Waals surface area contributed by atoms with Gasteiger partial charge in [0.2, 0.25) is 5.91 Å². The molecule has 1 heterocycles. The lowest BCUT2D eigenvalue weighted by Gasteiger charge is -2.13. The fourth-order valence-corrected chi connectivity index (χ4v) is 2.99. The second-order valence-corrected chi connectivity index (χ2v) is 6.84. The lowest BCUT2D eigenvalue weighted by molar-refractivity contribution is -0.114. The fraction of sp³-hybridized carbons (Fsp3) is 0.476. The molecule has 0 spiro atoms. The van der Waals surface area contributed by atoms with Gasteiger partial charge in [-0.15, -0.1) is 24.0 Å². The second kappa shape index (κ2) is 13.1. The van der Waals surface area contributed by atoms with E-state index < -0.39 is 0 Å². The minimum atomic E-state index is -0.137. The largest absolute Gasteiger partial charge is 0.495 e. The van der Waals surface area contributed by atoms with Crippen molar-refractivity contribution in [3.8, 4) is 5.75 Å². The van der Waals surface area contributed by atoms with Crippen LogP contribution < -0.4 is 20.7 Å². The molecule has 0 saturated carbocycles. The molecular weight excluding hydrogens is 495 g/mol. The molecule has 30 heavy (non-hydrogen) atoms. The second-order valence-electron chi connectivity index (χ2n) is 6.84. The Labute approximate surface area is 195 Å². The normalized spacial score (nSPS) is 10.9. The number of halogens is 1. The average molecular weight is 528 g/mol. The van der Waals surface area contributed by atoms with Crippen LogP contribution in [0.1, 0.15) is 37.2 Å². The monoisotopic (exact) mass is 528 g/mol. The van der Waals surface area contributed by atoms with Crippen molar-refractivity contribution >= 4 is 41.5 Å². The number of benzene rings is 1. The Morgan fingerprint density at radius 2 is 2.00 bits per heavy atom. The van der Waals surface area contributed by atoms with Crippen LogP contribution in [0.5, 0.6) is 5.75 Å². The van der Waals surface area contributed by atoms with Crippen LogP contribution in [0.25, 0.3) is 0 Å². The first-order valence-corrected chi connectivity index (χ1v) is 9.90. The highest BCUT2D eigenvalue weighted by Gasteiger charge is 2.06. The van der Waals surface area contributed by atoms with Crippen LogP contribution in [0.2, 0.25) is 0 Å². The van der Waals surface area contributed by atoms with Gasteiger partial charge in [-0.3, -0.25) is 9.48 Å². The van der Waals surface area contributed by atoms with Crippen LogP contribution in [0.15, 0.2) is 29.3 Å². The predicted octanol–water partition coefficient (Wildman–Crippen LogP) is 3.23. The standard InChI is InChI=1S/C21H32N6O2.HI/c1-6-22-21(23-10-7-11-27-16(3)12-15(2)26-27)24-14-18-8-9-20(29-5)19(13-18)25-17(4)28;/h8-9,12-13H,6-7,10-11,14H2,1-5H3,(H,25,28)(H2,22,23,24);1H. The van der Waals surface area contributed by atoms with Gasteiger partial charge in [0, 0.05) is 32.3 Å². The molecule has 0 fully saturated rings. The molecule has 0 aliphatic rings. The number of nitrogens with one attached hydrogen (secondary N) is 3. The van der Waals surface area contributed by atoms with E-state index in [2.05, 4.69) is 39.0 Å². The summed E-state index contributed by atoms with van der Waals surface area (Å²) in [6.45, 7) is 10.5. The topological polar surface area (TPSA) is 92.6 Å². The van der Waals surface area contributed by atoms with Crippen molar-refractivity contribution in [2.75, 3.05) is 25.5 Å². The molecule has 0 aliphatic carbocycles. The zero-order valence-corrected chi connectivity index (χ0v) is 20.7. The predicted molar refractivity (Wildman–Crippen MR) is 132 cm³/mol. The van der Waals surface area contributed by atoms with Gasteiger partial charge in [-0.2, -0.15) is 5.10 Å². The average Bonchev–Trinajstić information content (AvgIpc) is 3.00. The van der Waals surface area contributed by atoms with Gasteiger partial charge in [0.15, 0.2) is 5.96 Å². The molecule has 1 amide bonds. The van der Waals surface area contributed by atoms with E-state index in [1.807, 2.05) is 36.7 Å². The summed E-state index contributed by atoms with van der Waals surface area (Å²) in [5.41, 5.74) is 3.85. The first kappa shape index (κ1) is 25.7. The fourth-order valence-electron chi connectivity index (χ4n) is 2.99. The van der Waals surface area contributed by atoms with E-state index in [1.54, 1.807) is 7.11 Å². The van der Waals surface area contributed by atoms with E-state index in [1.165, 1.54) is 12.6 Å². The van der Waals surface area contributed by atoms with Gasteiger partial charge in [0.05, 0.1) is 25.0 Å². The number of amides is 1. The summed E-state index contributed by atoms with van der Waals surface area (Å²) >= 11 is 0. The number of hydrogen-bond donors (Lipinski definition) is 3. The van der Waals surface area contributed by atoms with E-state index in [-0.39, 0.29) is 29.9 Å². The number of rotatable bonds is 9.